The number of methoxy groups -OCH3 is 2. The smallest absolute Gasteiger partial charge is 0.316 e. The average molecular weight is 236 g/mol. The van der Waals surface area contributed by atoms with Gasteiger partial charge >= 0.3 is 5.97 Å². The van der Waals surface area contributed by atoms with Crippen LogP contribution in [-0.2, 0) is 20.7 Å². The molecule has 0 saturated heterocycles. The molecule has 0 heterocycles. The van der Waals surface area contributed by atoms with Crippen LogP contribution in [0.4, 0.5) is 0 Å². The second-order valence-corrected chi connectivity index (χ2v) is 3.74. The lowest BCUT2D eigenvalue weighted by atomic mass is 9.96. The topological polar surface area (TPSA) is 52.6 Å². The van der Waals surface area contributed by atoms with E-state index in [1.165, 1.54) is 14.0 Å². The van der Waals surface area contributed by atoms with Crippen molar-refractivity contribution in [3.63, 3.8) is 0 Å². The van der Waals surface area contributed by atoms with E-state index in [4.69, 9.17) is 4.74 Å². The maximum atomic E-state index is 11.4. The van der Waals surface area contributed by atoms with Gasteiger partial charge in [0.05, 0.1) is 14.2 Å². The number of rotatable bonds is 5. The Labute approximate surface area is 101 Å². The molecular weight excluding hydrogens is 220 g/mol. The van der Waals surface area contributed by atoms with Crippen molar-refractivity contribution >= 4 is 11.8 Å². The highest BCUT2D eigenvalue weighted by Gasteiger charge is 2.24. The SMILES string of the molecule is COC(=O)[C@@H](Cc1ccc(OC)cc1)C(C)=O. The molecule has 0 fully saturated rings. The molecule has 0 amide bonds. The third-order valence-electron chi connectivity index (χ3n) is 2.58. The van der Waals surface area contributed by atoms with Crippen LogP contribution in [0.25, 0.3) is 0 Å². The summed E-state index contributed by atoms with van der Waals surface area (Å²) < 4.78 is 9.64. The van der Waals surface area contributed by atoms with E-state index in [-0.39, 0.29) is 5.78 Å². The van der Waals surface area contributed by atoms with Gasteiger partial charge < -0.3 is 9.47 Å². The zero-order valence-corrected chi connectivity index (χ0v) is 10.2. The predicted octanol–water partition coefficient (Wildman–Crippen LogP) is 1.62. The molecular formula is C13H16O4. The fourth-order valence-corrected chi connectivity index (χ4v) is 1.53. The summed E-state index contributed by atoms with van der Waals surface area (Å²) in [6, 6.07) is 7.25. The first-order valence-corrected chi connectivity index (χ1v) is 5.29. The molecule has 0 radical (unpaired) electrons. The van der Waals surface area contributed by atoms with Crippen molar-refractivity contribution in [2.45, 2.75) is 13.3 Å². The van der Waals surface area contributed by atoms with E-state index in [2.05, 4.69) is 4.74 Å². The van der Waals surface area contributed by atoms with Gasteiger partial charge in [-0.1, -0.05) is 12.1 Å². The zero-order valence-electron chi connectivity index (χ0n) is 10.2. The lowest BCUT2D eigenvalue weighted by molar-refractivity contribution is -0.148. The number of hydrogen-bond donors (Lipinski definition) is 0. The molecule has 0 aliphatic rings. The van der Waals surface area contributed by atoms with Gasteiger partial charge in [-0.05, 0) is 31.0 Å². The van der Waals surface area contributed by atoms with Gasteiger partial charge in [0.1, 0.15) is 17.5 Å². The highest BCUT2D eigenvalue weighted by Crippen LogP contribution is 2.16. The number of ether oxygens (including phenoxy) is 2. The van der Waals surface area contributed by atoms with Crippen LogP contribution in [0.15, 0.2) is 24.3 Å². The van der Waals surface area contributed by atoms with Gasteiger partial charge in [0.25, 0.3) is 0 Å². The van der Waals surface area contributed by atoms with Gasteiger partial charge in [0.15, 0.2) is 0 Å². The Kier molecular flexibility index (Phi) is 4.69. The van der Waals surface area contributed by atoms with E-state index in [0.717, 1.165) is 11.3 Å². The molecule has 1 aromatic rings. The lowest BCUT2D eigenvalue weighted by Crippen LogP contribution is -2.25. The van der Waals surface area contributed by atoms with Crippen LogP contribution in [0.1, 0.15) is 12.5 Å². The maximum absolute atomic E-state index is 11.4. The fraction of sp³-hybridized carbons (Fsp3) is 0.385. The Morgan fingerprint density at radius 2 is 1.76 bits per heavy atom. The Bertz CT molecular complexity index is 394. The molecule has 0 spiro atoms. The van der Waals surface area contributed by atoms with E-state index in [9.17, 15) is 9.59 Å². The van der Waals surface area contributed by atoms with Gasteiger partial charge in [-0.2, -0.15) is 0 Å². The molecule has 0 unspecified atom stereocenters. The van der Waals surface area contributed by atoms with Crippen LogP contribution in [-0.4, -0.2) is 26.0 Å². The van der Waals surface area contributed by atoms with Crippen LogP contribution < -0.4 is 4.74 Å². The van der Waals surface area contributed by atoms with Gasteiger partial charge in [-0.3, -0.25) is 9.59 Å². The minimum absolute atomic E-state index is 0.187. The van der Waals surface area contributed by atoms with Crippen molar-refractivity contribution in [1.29, 1.82) is 0 Å². The fourth-order valence-electron chi connectivity index (χ4n) is 1.53. The van der Waals surface area contributed by atoms with E-state index >= 15 is 0 Å². The number of benzene rings is 1. The molecule has 1 aromatic carbocycles. The number of carbonyl (C=O) groups is 2. The molecule has 0 saturated carbocycles. The van der Waals surface area contributed by atoms with E-state index in [1.54, 1.807) is 19.2 Å². The normalized spacial score (nSPS) is 11.7. The van der Waals surface area contributed by atoms with Gasteiger partial charge in [-0.15, -0.1) is 0 Å². The summed E-state index contributed by atoms with van der Waals surface area (Å²) >= 11 is 0. The molecule has 92 valence electrons. The van der Waals surface area contributed by atoms with E-state index in [1.807, 2.05) is 12.1 Å². The summed E-state index contributed by atoms with van der Waals surface area (Å²) in [4.78, 5) is 22.8. The van der Waals surface area contributed by atoms with Crippen LogP contribution in [0.3, 0.4) is 0 Å². The predicted molar refractivity (Wildman–Crippen MR) is 62.9 cm³/mol. The van der Waals surface area contributed by atoms with Crippen molar-refractivity contribution in [3.8, 4) is 5.75 Å². The molecule has 0 aliphatic heterocycles. The molecule has 1 atom stereocenters. The minimum atomic E-state index is -0.728. The zero-order chi connectivity index (χ0) is 12.8. The molecule has 17 heavy (non-hydrogen) atoms. The summed E-state index contributed by atoms with van der Waals surface area (Å²) in [5.74, 6) is -0.666. The first-order chi connectivity index (χ1) is 8.08. The third-order valence-corrected chi connectivity index (χ3v) is 2.58. The quantitative estimate of drug-likeness (QED) is 0.575. The lowest BCUT2D eigenvalue weighted by Gasteiger charge is -2.11. The monoisotopic (exact) mass is 236 g/mol. The van der Waals surface area contributed by atoms with Crippen LogP contribution in [0.2, 0.25) is 0 Å². The first kappa shape index (κ1) is 13.2. The van der Waals surface area contributed by atoms with Gasteiger partial charge in [0, 0.05) is 0 Å². The number of hydrogen-bond acceptors (Lipinski definition) is 4. The number of carbonyl (C=O) groups excluding carboxylic acids is 2. The van der Waals surface area contributed by atoms with E-state index < -0.39 is 11.9 Å². The Morgan fingerprint density at radius 3 is 2.18 bits per heavy atom. The van der Waals surface area contributed by atoms with Gasteiger partial charge in [-0.25, -0.2) is 0 Å². The Hall–Kier alpha value is -1.84. The van der Waals surface area contributed by atoms with Crippen LogP contribution in [0.5, 0.6) is 5.75 Å². The van der Waals surface area contributed by atoms with Crippen molar-refractivity contribution in [3.05, 3.63) is 29.8 Å². The summed E-state index contributed by atoms with van der Waals surface area (Å²) in [6.45, 7) is 1.39. The highest BCUT2D eigenvalue weighted by atomic mass is 16.5. The van der Waals surface area contributed by atoms with Crippen LogP contribution >= 0.6 is 0 Å². The van der Waals surface area contributed by atoms with Crippen LogP contribution in [0, 0.1) is 5.92 Å². The molecule has 0 aromatic heterocycles. The minimum Gasteiger partial charge on any atom is -0.497 e. The molecule has 0 bridgehead atoms. The van der Waals surface area contributed by atoms with Crippen molar-refractivity contribution in [1.82, 2.24) is 0 Å². The molecule has 4 nitrogen and oxygen atoms in total. The molecule has 1 rings (SSSR count). The third kappa shape index (κ3) is 3.59. The number of ketones is 1. The second kappa shape index (κ2) is 6.03. The summed E-state index contributed by atoms with van der Waals surface area (Å²) in [5, 5.41) is 0. The highest BCUT2D eigenvalue weighted by molar-refractivity contribution is 5.97. The number of esters is 1. The molecule has 4 heteroatoms. The van der Waals surface area contributed by atoms with Gasteiger partial charge in [0.2, 0.25) is 0 Å². The van der Waals surface area contributed by atoms with Crippen molar-refractivity contribution < 1.29 is 19.1 Å². The van der Waals surface area contributed by atoms with Crippen molar-refractivity contribution in [2.24, 2.45) is 5.92 Å². The second-order valence-electron chi connectivity index (χ2n) is 3.74. The first-order valence-electron chi connectivity index (χ1n) is 5.29. The Morgan fingerprint density at radius 1 is 1.18 bits per heavy atom. The average Bonchev–Trinajstić information content (AvgIpc) is 2.35. The maximum Gasteiger partial charge on any atom is 0.316 e. The largest absolute Gasteiger partial charge is 0.497 e. The standard InChI is InChI=1S/C13H16O4/c1-9(14)12(13(15)17-3)8-10-4-6-11(16-2)7-5-10/h4-7,12H,8H2,1-3H3/t12-/m0/s1. The molecule has 0 aliphatic carbocycles. The van der Waals surface area contributed by atoms with E-state index in [0.29, 0.717) is 6.42 Å². The summed E-state index contributed by atoms with van der Waals surface area (Å²) in [6.07, 6.45) is 0.353. The van der Waals surface area contributed by atoms with Crippen molar-refractivity contribution in [2.75, 3.05) is 14.2 Å². The number of Topliss-reactive ketones (excluding diaryl/α,β-unsaturated/α-hetero) is 1. The molecule has 0 N–H and O–H groups in total. The Balaban J connectivity index is 2.79. The summed E-state index contributed by atoms with van der Waals surface area (Å²) in [5.41, 5.74) is 0.899. The summed E-state index contributed by atoms with van der Waals surface area (Å²) in [7, 11) is 2.87.